The Morgan fingerprint density at radius 2 is 1.88 bits per heavy atom. The Morgan fingerprint density at radius 3 is 2.47 bits per heavy atom. The maximum Gasteiger partial charge on any atom is 0.339 e. The fourth-order valence-electron chi connectivity index (χ4n) is 1.56. The monoisotopic (exact) mass is 232 g/mol. The molecule has 0 amide bonds. The number of aromatic carboxylic acids is 1. The molecule has 0 saturated heterocycles. The van der Waals surface area contributed by atoms with Gasteiger partial charge in [-0.2, -0.15) is 0 Å². The van der Waals surface area contributed by atoms with Crippen LogP contribution in [0.15, 0.2) is 30.6 Å². The fourth-order valence-corrected chi connectivity index (χ4v) is 1.56. The van der Waals surface area contributed by atoms with Gasteiger partial charge in [-0.05, 0) is 31.2 Å². The zero-order valence-electron chi connectivity index (χ0n) is 9.01. The van der Waals surface area contributed by atoms with E-state index < -0.39 is 5.97 Å². The molecule has 0 aliphatic rings. The van der Waals surface area contributed by atoms with Gasteiger partial charge in [0.2, 0.25) is 0 Å². The van der Waals surface area contributed by atoms with Crippen molar-refractivity contribution in [2.24, 2.45) is 0 Å². The van der Waals surface area contributed by atoms with Gasteiger partial charge in [-0.15, -0.1) is 0 Å². The largest absolute Gasteiger partial charge is 0.478 e. The SMILES string of the molecule is Cc1ncnc(-c2ccc(F)cc2)c1C(=O)O. The van der Waals surface area contributed by atoms with Crippen molar-refractivity contribution in [3.05, 3.63) is 47.7 Å². The average molecular weight is 232 g/mol. The number of nitrogens with zero attached hydrogens (tertiary/aromatic N) is 2. The molecule has 0 saturated carbocycles. The number of carboxylic acids is 1. The van der Waals surface area contributed by atoms with Crippen LogP contribution in [0.5, 0.6) is 0 Å². The number of rotatable bonds is 2. The van der Waals surface area contributed by atoms with Crippen LogP contribution in [0.25, 0.3) is 11.3 Å². The molecule has 2 rings (SSSR count). The molecule has 1 aromatic heterocycles. The van der Waals surface area contributed by atoms with Crippen molar-refractivity contribution in [1.29, 1.82) is 0 Å². The first-order valence-electron chi connectivity index (χ1n) is 4.90. The Balaban J connectivity index is 2.63. The number of hydrogen-bond donors (Lipinski definition) is 1. The van der Waals surface area contributed by atoms with E-state index in [0.717, 1.165) is 0 Å². The van der Waals surface area contributed by atoms with E-state index in [9.17, 15) is 9.18 Å². The van der Waals surface area contributed by atoms with Crippen molar-refractivity contribution in [3.63, 3.8) is 0 Å². The average Bonchev–Trinajstić information content (AvgIpc) is 2.29. The van der Waals surface area contributed by atoms with Crippen molar-refractivity contribution in [2.75, 3.05) is 0 Å². The summed E-state index contributed by atoms with van der Waals surface area (Å²) in [5.74, 6) is -1.47. The molecule has 5 heteroatoms. The number of carbonyl (C=O) groups is 1. The van der Waals surface area contributed by atoms with Gasteiger partial charge < -0.3 is 5.11 Å². The van der Waals surface area contributed by atoms with Crippen LogP contribution in [0.2, 0.25) is 0 Å². The summed E-state index contributed by atoms with van der Waals surface area (Å²) in [6, 6.07) is 5.50. The van der Waals surface area contributed by atoms with E-state index in [1.165, 1.54) is 30.6 Å². The molecule has 0 radical (unpaired) electrons. The molecule has 0 aliphatic carbocycles. The van der Waals surface area contributed by atoms with Crippen LogP contribution in [0.1, 0.15) is 16.1 Å². The number of benzene rings is 1. The quantitative estimate of drug-likeness (QED) is 0.862. The van der Waals surface area contributed by atoms with Gasteiger partial charge in [0.1, 0.15) is 17.7 Å². The first kappa shape index (κ1) is 11.2. The van der Waals surface area contributed by atoms with E-state index in [1.807, 2.05) is 0 Å². The van der Waals surface area contributed by atoms with E-state index in [0.29, 0.717) is 17.0 Å². The topological polar surface area (TPSA) is 63.1 Å². The molecular formula is C12H9FN2O2. The Bertz CT molecular complexity index is 567. The number of carboxylic acid groups (broad SMARTS) is 1. The summed E-state index contributed by atoms with van der Waals surface area (Å²) in [4.78, 5) is 18.9. The third-order valence-corrected chi connectivity index (χ3v) is 2.37. The van der Waals surface area contributed by atoms with Gasteiger partial charge in [-0.25, -0.2) is 19.2 Å². The summed E-state index contributed by atoms with van der Waals surface area (Å²) < 4.78 is 12.8. The normalized spacial score (nSPS) is 10.2. The molecule has 0 aliphatic heterocycles. The summed E-state index contributed by atoms with van der Waals surface area (Å²) >= 11 is 0. The van der Waals surface area contributed by atoms with Gasteiger partial charge in [0, 0.05) is 5.56 Å². The van der Waals surface area contributed by atoms with Gasteiger partial charge in [-0.3, -0.25) is 0 Å². The van der Waals surface area contributed by atoms with Gasteiger partial charge in [0.25, 0.3) is 0 Å². The van der Waals surface area contributed by atoms with Crippen LogP contribution in [0.3, 0.4) is 0 Å². The van der Waals surface area contributed by atoms with Gasteiger partial charge in [-0.1, -0.05) is 0 Å². The Hall–Kier alpha value is -2.30. The van der Waals surface area contributed by atoms with Crippen LogP contribution >= 0.6 is 0 Å². The molecule has 86 valence electrons. The first-order chi connectivity index (χ1) is 8.09. The molecular weight excluding hydrogens is 223 g/mol. The lowest BCUT2D eigenvalue weighted by atomic mass is 10.0. The molecule has 4 nitrogen and oxygen atoms in total. The van der Waals surface area contributed by atoms with Crippen molar-refractivity contribution in [2.45, 2.75) is 6.92 Å². The van der Waals surface area contributed by atoms with E-state index in [2.05, 4.69) is 9.97 Å². The van der Waals surface area contributed by atoms with Crippen molar-refractivity contribution in [3.8, 4) is 11.3 Å². The number of hydrogen-bond acceptors (Lipinski definition) is 3. The summed E-state index contributed by atoms with van der Waals surface area (Å²) in [5, 5.41) is 9.11. The second-order valence-corrected chi connectivity index (χ2v) is 3.49. The maximum absolute atomic E-state index is 12.8. The lowest BCUT2D eigenvalue weighted by Crippen LogP contribution is -2.06. The highest BCUT2D eigenvalue weighted by molar-refractivity contribution is 5.95. The van der Waals surface area contributed by atoms with Crippen LogP contribution < -0.4 is 0 Å². The van der Waals surface area contributed by atoms with Gasteiger partial charge in [0.05, 0.1) is 11.4 Å². The molecule has 1 N–H and O–H groups in total. The number of aryl methyl sites for hydroxylation is 1. The minimum absolute atomic E-state index is 0.0408. The highest BCUT2D eigenvalue weighted by Crippen LogP contribution is 2.22. The molecule has 0 unspecified atom stereocenters. The summed E-state index contributed by atoms with van der Waals surface area (Å²) in [6.07, 6.45) is 1.29. The van der Waals surface area contributed by atoms with E-state index in [1.54, 1.807) is 6.92 Å². The highest BCUT2D eigenvalue weighted by Gasteiger charge is 2.16. The third kappa shape index (κ3) is 2.13. The van der Waals surface area contributed by atoms with Crippen molar-refractivity contribution >= 4 is 5.97 Å². The number of aromatic nitrogens is 2. The Labute approximate surface area is 96.8 Å². The summed E-state index contributed by atoms with van der Waals surface area (Å²) in [5.41, 5.74) is 1.27. The predicted molar refractivity (Wildman–Crippen MR) is 59.1 cm³/mol. The van der Waals surface area contributed by atoms with Crippen molar-refractivity contribution in [1.82, 2.24) is 9.97 Å². The molecule has 0 atom stereocenters. The fraction of sp³-hybridized carbons (Fsp3) is 0.0833. The van der Waals surface area contributed by atoms with Crippen LogP contribution in [-0.4, -0.2) is 21.0 Å². The lowest BCUT2D eigenvalue weighted by Gasteiger charge is -2.06. The highest BCUT2D eigenvalue weighted by atomic mass is 19.1. The molecule has 2 aromatic rings. The first-order valence-corrected chi connectivity index (χ1v) is 4.90. The van der Waals surface area contributed by atoms with E-state index in [4.69, 9.17) is 5.11 Å². The molecule has 1 aromatic carbocycles. The smallest absolute Gasteiger partial charge is 0.339 e. The maximum atomic E-state index is 12.8. The number of halogens is 1. The van der Waals surface area contributed by atoms with Gasteiger partial charge >= 0.3 is 5.97 Å². The van der Waals surface area contributed by atoms with Gasteiger partial charge in [0.15, 0.2) is 0 Å². The Morgan fingerprint density at radius 1 is 1.24 bits per heavy atom. The zero-order valence-corrected chi connectivity index (χ0v) is 9.01. The Kier molecular flexibility index (Phi) is 2.82. The minimum atomic E-state index is -1.09. The summed E-state index contributed by atoms with van der Waals surface area (Å²) in [7, 11) is 0. The third-order valence-electron chi connectivity index (χ3n) is 2.37. The second kappa shape index (κ2) is 4.29. The van der Waals surface area contributed by atoms with Crippen LogP contribution in [0.4, 0.5) is 4.39 Å². The molecule has 1 heterocycles. The summed E-state index contributed by atoms with van der Waals surface area (Å²) in [6.45, 7) is 1.60. The van der Waals surface area contributed by atoms with Crippen molar-refractivity contribution < 1.29 is 14.3 Å². The molecule has 0 spiro atoms. The molecule has 0 bridgehead atoms. The minimum Gasteiger partial charge on any atom is -0.478 e. The lowest BCUT2D eigenvalue weighted by molar-refractivity contribution is 0.0696. The van der Waals surface area contributed by atoms with E-state index >= 15 is 0 Å². The van der Waals surface area contributed by atoms with Crippen LogP contribution in [0, 0.1) is 12.7 Å². The second-order valence-electron chi connectivity index (χ2n) is 3.49. The predicted octanol–water partition coefficient (Wildman–Crippen LogP) is 2.29. The molecule has 17 heavy (non-hydrogen) atoms. The van der Waals surface area contributed by atoms with Crippen LogP contribution in [-0.2, 0) is 0 Å². The standard InChI is InChI=1S/C12H9FN2O2/c1-7-10(12(16)17)11(15-6-14-7)8-2-4-9(13)5-3-8/h2-6H,1H3,(H,16,17). The molecule has 0 fully saturated rings. The van der Waals surface area contributed by atoms with E-state index in [-0.39, 0.29) is 11.4 Å². The zero-order chi connectivity index (χ0) is 12.4.